The smallest absolute Gasteiger partial charge is 0.251 e. The molecule has 6 nitrogen and oxygen atoms in total. The van der Waals surface area contributed by atoms with Crippen molar-refractivity contribution in [2.45, 2.75) is 12.6 Å². The number of fused-ring (bicyclic) bond motifs is 1. The molecule has 3 aromatic carbocycles. The fourth-order valence-electron chi connectivity index (χ4n) is 4.14. The van der Waals surface area contributed by atoms with Crippen molar-refractivity contribution in [2.75, 3.05) is 26.2 Å². The van der Waals surface area contributed by atoms with Crippen molar-refractivity contribution in [1.82, 2.24) is 19.8 Å². The maximum absolute atomic E-state index is 12.7. The number of ether oxygens (including phenoxy) is 1. The van der Waals surface area contributed by atoms with Gasteiger partial charge in [-0.1, -0.05) is 42.5 Å². The van der Waals surface area contributed by atoms with Crippen molar-refractivity contribution < 1.29 is 9.53 Å². The van der Waals surface area contributed by atoms with Gasteiger partial charge in [0.2, 0.25) is 0 Å². The summed E-state index contributed by atoms with van der Waals surface area (Å²) in [5, 5.41) is 3.03. The van der Waals surface area contributed by atoms with E-state index in [4.69, 9.17) is 4.74 Å². The van der Waals surface area contributed by atoms with E-state index in [0.29, 0.717) is 18.7 Å². The third-order valence-corrected chi connectivity index (χ3v) is 5.82. The molecule has 32 heavy (non-hydrogen) atoms. The number of para-hydroxylation sites is 2. The lowest BCUT2D eigenvalue weighted by Crippen LogP contribution is -2.47. The van der Waals surface area contributed by atoms with E-state index in [-0.39, 0.29) is 12.0 Å². The summed E-state index contributed by atoms with van der Waals surface area (Å²) in [4.78, 5) is 19.5. The summed E-state index contributed by atoms with van der Waals surface area (Å²) in [5.74, 6) is -0.0872. The Balaban J connectivity index is 1.17. The Morgan fingerprint density at radius 1 is 1.00 bits per heavy atom. The minimum absolute atomic E-state index is 0.00648. The summed E-state index contributed by atoms with van der Waals surface area (Å²) >= 11 is 0. The van der Waals surface area contributed by atoms with Crippen LogP contribution in [0.25, 0.3) is 16.7 Å². The molecule has 1 aliphatic heterocycles. The Hall–Kier alpha value is -3.48. The number of carbonyl (C=O) groups excluding carboxylic acids is 1. The molecule has 2 heterocycles. The van der Waals surface area contributed by atoms with Crippen LogP contribution in [0.3, 0.4) is 0 Å². The van der Waals surface area contributed by atoms with Crippen molar-refractivity contribution in [1.29, 1.82) is 0 Å². The van der Waals surface area contributed by atoms with Crippen LogP contribution in [0.15, 0.2) is 85.2 Å². The molecule has 0 saturated carbocycles. The highest BCUT2D eigenvalue weighted by atomic mass is 16.5. The van der Waals surface area contributed by atoms with Crippen LogP contribution in [0, 0.1) is 0 Å². The van der Waals surface area contributed by atoms with Crippen molar-refractivity contribution in [3.63, 3.8) is 0 Å². The minimum atomic E-state index is -0.0872. The molecule has 1 aliphatic rings. The molecule has 1 N–H and O–H groups in total. The Morgan fingerprint density at radius 2 is 1.78 bits per heavy atom. The monoisotopic (exact) mass is 426 g/mol. The zero-order valence-electron chi connectivity index (χ0n) is 17.9. The first kappa shape index (κ1) is 20.4. The summed E-state index contributed by atoms with van der Waals surface area (Å²) in [5.41, 5.74) is 4.89. The summed E-state index contributed by atoms with van der Waals surface area (Å²) in [7, 11) is 0. The number of hydrogen-bond acceptors (Lipinski definition) is 4. The Labute approximate surface area is 187 Å². The Kier molecular flexibility index (Phi) is 5.96. The van der Waals surface area contributed by atoms with Gasteiger partial charge in [0, 0.05) is 37.4 Å². The fraction of sp³-hybridized carbons (Fsp3) is 0.231. The van der Waals surface area contributed by atoms with Gasteiger partial charge < -0.3 is 10.1 Å². The van der Waals surface area contributed by atoms with Gasteiger partial charge in [-0.15, -0.1) is 0 Å². The van der Waals surface area contributed by atoms with Gasteiger partial charge in [-0.25, -0.2) is 4.98 Å². The number of carbonyl (C=O) groups is 1. The molecule has 1 aromatic heterocycles. The van der Waals surface area contributed by atoms with Crippen LogP contribution in [-0.2, 0) is 11.3 Å². The van der Waals surface area contributed by atoms with Gasteiger partial charge in [-0.2, -0.15) is 0 Å². The van der Waals surface area contributed by atoms with E-state index in [0.717, 1.165) is 36.4 Å². The number of rotatable bonds is 6. The molecule has 1 atom stereocenters. The van der Waals surface area contributed by atoms with E-state index in [1.165, 1.54) is 5.56 Å². The van der Waals surface area contributed by atoms with Gasteiger partial charge in [0.15, 0.2) is 0 Å². The van der Waals surface area contributed by atoms with Gasteiger partial charge in [0.25, 0.3) is 5.91 Å². The van der Waals surface area contributed by atoms with E-state index < -0.39 is 0 Å². The first-order chi connectivity index (χ1) is 15.8. The number of nitrogens with one attached hydrogen (secondary N) is 1. The van der Waals surface area contributed by atoms with Crippen LogP contribution in [0.1, 0.15) is 15.9 Å². The van der Waals surface area contributed by atoms with Gasteiger partial charge >= 0.3 is 0 Å². The molecule has 0 aliphatic carbocycles. The van der Waals surface area contributed by atoms with Gasteiger partial charge in [0.05, 0.1) is 23.7 Å². The maximum Gasteiger partial charge on any atom is 0.251 e. The minimum Gasteiger partial charge on any atom is -0.374 e. The first-order valence-corrected chi connectivity index (χ1v) is 10.9. The quantitative estimate of drug-likeness (QED) is 0.511. The van der Waals surface area contributed by atoms with E-state index in [9.17, 15) is 4.79 Å². The highest BCUT2D eigenvalue weighted by Crippen LogP contribution is 2.18. The number of amides is 1. The van der Waals surface area contributed by atoms with E-state index >= 15 is 0 Å². The molecule has 1 fully saturated rings. The molecule has 1 saturated heterocycles. The lowest BCUT2D eigenvalue weighted by atomic mass is 10.1. The average Bonchev–Trinajstić information content (AvgIpc) is 3.28. The molecule has 1 amide bonds. The number of benzene rings is 3. The van der Waals surface area contributed by atoms with E-state index in [1.807, 2.05) is 59.2 Å². The third kappa shape index (κ3) is 4.56. The predicted octanol–water partition coefficient (Wildman–Crippen LogP) is 3.66. The number of imidazole rings is 1. The normalized spacial score (nSPS) is 16.8. The SMILES string of the molecule is O=C(NCC1CN(Cc2ccccc2)CCO1)c1ccc(-n2cnc3ccccc32)cc1. The Morgan fingerprint density at radius 3 is 2.62 bits per heavy atom. The summed E-state index contributed by atoms with van der Waals surface area (Å²) in [6, 6.07) is 26.0. The number of aromatic nitrogens is 2. The van der Waals surface area contributed by atoms with Crippen LogP contribution in [0.4, 0.5) is 0 Å². The zero-order valence-corrected chi connectivity index (χ0v) is 17.9. The second kappa shape index (κ2) is 9.34. The van der Waals surface area contributed by atoms with E-state index in [1.54, 1.807) is 6.33 Å². The fourth-order valence-corrected chi connectivity index (χ4v) is 4.14. The second-order valence-corrected chi connectivity index (χ2v) is 8.07. The third-order valence-electron chi connectivity index (χ3n) is 5.82. The van der Waals surface area contributed by atoms with Gasteiger partial charge in [-0.05, 0) is 42.0 Å². The maximum atomic E-state index is 12.7. The molecule has 4 aromatic rings. The number of hydrogen-bond donors (Lipinski definition) is 1. The van der Waals surface area contributed by atoms with Gasteiger partial charge in [0.1, 0.15) is 6.33 Å². The van der Waals surface area contributed by atoms with Crippen LogP contribution in [-0.4, -0.2) is 52.7 Å². The van der Waals surface area contributed by atoms with Crippen LogP contribution in [0.5, 0.6) is 0 Å². The molecule has 1 unspecified atom stereocenters. The average molecular weight is 427 g/mol. The zero-order chi connectivity index (χ0) is 21.8. The molecular weight excluding hydrogens is 400 g/mol. The molecule has 5 rings (SSSR count). The molecule has 162 valence electrons. The molecule has 0 radical (unpaired) electrons. The van der Waals surface area contributed by atoms with Crippen LogP contribution >= 0.6 is 0 Å². The van der Waals surface area contributed by atoms with E-state index in [2.05, 4.69) is 39.5 Å². The summed E-state index contributed by atoms with van der Waals surface area (Å²) < 4.78 is 7.90. The van der Waals surface area contributed by atoms with Crippen molar-refractivity contribution >= 4 is 16.9 Å². The molecular formula is C26H26N4O2. The second-order valence-electron chi connectivity index (χ2n) is 8.07. The lowest BCUT2D eigenvalue weighted by Gasteiger charge is -2.33. The Bertz CT molecular complexity index is 1190. The van der Waals surface area contributed by atoms with Crippen LogP contribution in [0.2, 0.25) is 0 Å². The highest BCUT2D eigenvalue weighted by Gasteiger charge is 2.21. The highest BCUT2D eigenvalue weighted by molar-refractivity contribution is 5.94. The molecule has 0 spiro atoms. The van der Waals surface area contributed by atoms with Gasteiger partial charge in [-0.3, -0.25) is 14.3 Å². The lowest BCUT2D eigenvalue weighted by molar-refractivity contribution is -0.0292. The summed E-state index contributed by atoms with van der Waals surface area (Å²) in [6.45, 7) is 3.80. The molecule has 0 bridgehead atoms. The van der Waals surface area contributed by atoms with Crippen molar-refractivity contribution in [3.05, 3.63) is 96.3 Å². The van der Waals surface area contributed by atoms with Crippen LogP contribution < -0.4 is 5.32 Å². The van der Waals surface area contributed by atoms with Crippen molar-refractivity contribution in [3.8, 4) is 5.69 Å². The standard InChI is InChI=1S/C26H26N4O2/c31-26(27-16-23-18-29(14-15-32-23)17-20-6-2-1-3-7-20)21-10-12-22(13-11-21)30-19-28-24-8-4-5-9-25(24)30/h1-13,19,23H,14-18H2,(H,27,31). The first-order valence-electron chi connectivity index (χ1n) is 10.9. The number of morpholine rings is 1. The number of nitrogens with zero attached hydrogens (tertiary/aromatic N) is 3. The predicted molar refractivity (Wildman–Crippen MR) is 125 cm³/mol. The summed E-state index contributed by atoms with van der Waals surface area (Å²) in [6.07, 6.45) is 1.80. The largest absolute Gasteiger partial charge is 0.374 e. The van der Waals surface area contributed by atoms with Crippen molar-refractivity contribution in [2.24, 2.45) is 0 Å². The topological polar surface area (TPSA) is 59.4 Å². The molecule has 6 heteroatoms.